The van der Waals surface area contributed by atoms with Crippen LogP contribution in [0.4, 0.5) is 0 Å². The zero-order chi connectivity index (χ0) is 22.8. The van der Waals surface area contributed by atoms with E-state index < -0.39 is 24.0 Å². The molecule has 2 atom stereocenters. The molecule has 0 aromatic carbocycles. The van der Waals surface area contributed by atoms with Crippen LogP contribution in [0.3, 0.4) is 0 Å². The normalized spacial score (nSPS) is 12.7. The van der Waals surface area contributed by atoms with Crippen molar-refractivity contribution < 1.29 is 29.4 Å². The molecular weight excluding hydrogens is 432 g/mol. The molecular formula is C18H34N4O6S2. The maximum Gasteiger partial charge on any atom is 0.320 e. The Balaban J connectivity index is 3.45. The molecule has 0 unspecified atom stereocenters. The van der Waals surface area contributed by atoms with E-state index >= 15 is 0 Å². The number of carbonyl (C=O) groups is 4. The summed E-state index contributed by atoms with van der Waals surface area (Å²) < 4.78 is 0. The molecule has 30 heavy (non-hydrogen) atoms. The van der Waals surface area contributed by atoms with Gasteiger partial charge in [-0.2, -0.15) is 0 Å². The van der Waals surface area contributed by atoms with Crippen molar-refractivity contribution >= 4 is 45.3 Å². The highest BCUT2D eigenvalue weighted by Gasteiger charge is 2.11. The summed E-state index contributed by atoms with van der Waals surface area (Å²) >= 11 is 0. The lowest BCUT2D eigenvalue weighted by Gasteiger charge is -2.08. The number of hydrogen-bond donors (Lipinski definition) is 6. The number of carboxylic acids is 2. The fourth-order valence-corrected chi connectivity index (χ4v) is 4.22. The Kier molecular flexibility index (Phi) is 17.4. The molecule has 0 radical (unpaired) electrons. The van der Waals surface area contributed by atoms with E-state index in [0.29, 0.717) is 76.0 Å². The molecule has 8 N–H and O–H groups in total. The quantitative estimate of drug-likeness (QED) is 0.116. The lowest BCUT2D eigenvalue weighted by Crippen LogP contribution is -2.30. The van der Waals surface area contributed by atoms with Crippen molar-refractivity contribution in [2.75, 3.05) is 24.6 Å². The Bertz CT molecular complexity index is 493. The summed E-state index contributed by atoms with van der Waals surface area (Å²) in [5.41, 5.74) is 10.8. The zero-order valence-electron chi connectivity index (χ0n) is 17.1. The summed E-state index contributed by atoms with van der Waals surface area (Å²) in [6.45, 7) is 1.01. The summed E-state index contributed by atoms with van der Waals surface area (Å²) in [6, 6.07) is -1.70. The van der Waals surface area contributed by atoms with Gasteiger partial charge in [-0.1, -0.05) is 21.6 Å². The molecule has 0 saturated heterocycles. The topological polar surface area (TPSA) is 185 Å². The third-order valence-electron chi connectivity index (χ3n) is 4.07. The van der Waals surface area contributed by atoms with Crippen LogP contribution in [-0.4, -0.2) is 70.6 Å². The van der Waals surface area contributed by atoms with Gasteiger partial charge in [0.25, 0.3) is 0 Å². The molecule has 0 saturated carbocycles. The molecule has 0 aliphatic carbocycles. The molecule has 0 bridgehead atoms. The first kappa shape index (κ1) is 28.5. The van der Waals surface area contributed by atoms with Gasteiger partial charge in [-0.25, -0.2) is 0 Å². The van der Waals surface area contributed by atoms with E-state index in [-0.39, 0.29) is 11.8 Å². The highest BCUT2D eigenvalue weighted by atomic mass is 33.1. The Morgan fingerprint density at radius 1 is 0.700 bits per heavy atom. The largest absolute Gasteiger partial charge is 0.480 e. The maximum atomic E-state index is 11.7. The second-order valence-corrected chi connectivity index (χ2v) is 9.43. The van der Waals surface area contributed by atoms with Gasteiger partial charge in [0.1, 0.15) is 12.1 Å². The molecule has 12 heteroatoms. The van der Waals surface area contributed by atoms with Crippen molar-refractivity contribution in [1.82, 2.24) is 10.6 Å². The monoisotopic (exact) mass is 466 g/mol. The van der Waals surface area contributed by atoms with Gasteiger partial charge in [0.15, 0.2) is 0 Å². The molecule has 0 aliphatic rings. The molecule has 174 valence electrons. The van der Waals surface area contributed by atoms with Crippen LogP contribution in [0.25, 0.3) is 0 Å². The summed E-state index contributed by atoms with van der Waals surface area (Å²) in [5, 5.41) is 22.9. The van der Waals surface area contributed by atoms with Crippen LogP contribution in [0.2, 0.25) is 0 Å². The fourth-order valence-electron chi connectivity index (χ4n) is 2.24. The Morgan fingerprint density at radius 2 is 1.07 bits per heavy atom. The minimum Gasteiger partial charge on any atom is -0.480 e. The predicted octanol–water partition coefficient (Wildman–Crippen LogP) is 0.545. The Labute approximate surface area is 185 Å². The SMILES string of the molecule is N[C@@H](CCCCNC(=O)CCSSCCC(=O)NCCCC[C@H](N)C(=O)O)C(=O)O. The third kappa shape index (κ3) is 17.4. The lowest BCUT2D eigenvalue weighted by atomic mass is 10.1. The van der Waals surface area contributed by atoms with Gasteiger partial charge in [0.05, 0.1) is 0 Å². The number of aliphatic carboxylic acids is 2. The number of nitrogens with two attached hydrogens (primary N) is 2. The average Bonchev–Trinajstić information content (AvgIpc) is 2.69. The number of amides is 2. The standard InChI is InChI=1S/C18H34N4O6S2/c19-13(17(25)26)5-1-3-9-21-15(23)7-11-29-30-12-8-16(24)22-10-4-2-6-14(20)18(27)28/h13-14H,1-12,19-20H2,(H,21,23)(H,22,24)(H,25,26)(H,27,28)/t13-,14-/m0/s1. The van der Waals surface area contributed by atoms with Gasteiger partial charge in [-0.3, -0.25) is 19.2 Å². The van der Waals surface area contributed by atoms with Gasteiger partial charge >= 0.3 is 11.9 Å². The summed E-state index contributed by atoms with van der Waals surface area (Å²) in [6.07, 6.45) is 4.24. The molecule has 0 rings (SSSR count). The molecule has 10 nitrogen and oxygen atoms in total. The minimum atomic E-state index is -1.01. The van der Waals surface area contributed by atoms with Crippen LogP contribution < -0.4 is 22.1 Å². The average molecular weight is 467 g/mol. The van der Waals surface area contributed by atoms with Crippen LogP contribution in [0.1, 0.15) is 51.4 Å². The van der Waals surface area contributed by atoms with Gasteiger partial charge in [-0.05, 0) is 38.5 Å². The third-order valence-corrected chi connectivity index (χ3v) is 6.48. The lowest BCUT2D eigenvalue weighted by molar-refractivity contribution is -0.139. The van der Waals surface area contributed by atoms with Gasteiger partial charge in [-0.15, -0.1) is 0 Å². The minimum absolute atomic E-state index is 0.0500. The summed E-state index contributed by atoms with van der Waals surface area (Å²) in [4.78, 5) is 44.5. The highest BCUT2D eigenvalue weighted by molar-refractivity contribution is 8.76. The van der Waals surface area contributed by atoms with Crippen molar-refractivity contribution in [3.8, 4) is 0 Å². The zero-order valence-corrected chi connectivity index (χ0v) is 18.8. The van der Waals surface area contributed by atoms with Gasteiger partial charge in [0.2, 0.25) is 11.8 Å². The fraction of sp³-hybridized carbons (Fsp3) is 0.778. The smallest absolute Gasteiger partial charge is 0.320 e. The number of carbonyl (C=O) groups excluding carboxylic acids is 2. The number of rotatable bonds is 19. The van der Waals surface area contributed by atoms with E-state index in [1.165, 1.54) is 21.6 Å². The number of nitrogens with one attached hydrogen (secondary N) is 2. The van der Waals surface area contributed by atoms with Crippen LogP contribution >= 0.6 is 21.6 Å². The van der Waals surface area contributed by atoms with Gasteiger partial charge in [0, 0.05) is 37.4 Å². The first-order valence-corrected chi connectivity index (χ1v) is 12.5. The van der Waals surface area contributed by atoms with Crippen molar-refractivity contribution in [2.45, 2.75) is 63.5 Å². The highest BCUT2D eigenvalue weighted by Crippen LogP contribution is 2.22. The van der Waals surface area contributed by atoms with Crippen molar-refractivity contribution in [1.29, 1.82) is 0 Å². The van der Waals surface area contributed by atoms with E-state index in [0.717, 1.165) is 0 Å². The first-order valence-electron chi connectivity index (χ1n) is 9.98. The van der Waals surface area contributed by atoms with Crippen LogP contribution in [0.15, 0.2) is 0 Å². The molecule has 0 fully saturated rings. The maximum absolute atomic E-state index is 11.7. The van der Waals surface area contributed by atoms with E-state index in [4.69, 9.17) is 21.7 Å². The molecule has 0 aliphatic heterocycles. The van der Waals surface area contributed by atoms with Gasteiger partial charge < -0.3 is 32.3 Å². The van der Waals surface area contributed by atoms with E-state index in [1.807, 2.05) is 0 Å². The molecule has 0 spiro atoms. The molecule has 2 amide bonds. The summed E-state index contributed by atoms with van der Waals surface area (Å²) in [5.74, 6) is -0.831. The Morgan fingerprint density at radius 3 is 1.40 bits per heavy atom. The van der Waals surface area contributed by atoms with Crippen LogP contribution in [0, 0.1) is 0 Å². The van der Waals surface area contributed by atoms with Crippen molar-refractivity contribution in [3.63, 3.8) is 0 Å². The second kappa shape index (κ2) is 18.3. The second-order valence-electron chi connectivity index (χ2n) is 6.72. The van der Waals surface area contributed by atoms with Crippen LogP contribution in [-0.2, 0) is 19.2 Å². The number of unbranched alkanes of at least 4 members (excludes halogenated alkanes) is 2. The molecule has 0 heterocycles. The Hall–Kier alpha value is -1.50. The van der Waals surface area contributed by atoms with Crippen molar-refractivity contribution in [3.05, 3.63) is 0 Å². The summed E-state index contributed by atoms with van der Waals surface area (Å²) in [7, 11) is 3.07. The predicted molar refractivity (Wildman–Crippen MR) is 119 cm³/mol. The number of carboxylic acid groups (broad SMARTS) is 2. The molecule has 0 aromatic rings. The van der Waals surface area contributed by atoms with E-state index in [9.17, 15) is 19.2 Å². The molecule has 0 aromatic heterocycles. The van der Waals surface area contributed by atoms with E-state index in [2.05, 4.69) is 10.6 Å². The van der Waals surface area contributed by atoms with Crippen LogP contribution in [0.5, 0.6) is 0 Å². The van der Waals surface area contributed by atoms with E-state index in [1.54, 1.807) is 0 Å². The van der Waals surface area contributed by atoms with Crippen molar-refractivity contribution in [2.24, 2.45) is 11.5 Å². The number of hydrogen-bond acceptors (Lipinski definition) is 8. The first-order chi connectivity index (χ1) is 14.2.